The second kappa shape index (κ2) is 21.3. The van der Waals surface area contributed by atoms with Crippen LogP contribution in [0.3, 0.4) is 0 Å². The van der Waals surface area contributed by atoms with Crippen LogP contribution < -0.4 is 27.2 Å². The predicted octanol–water partition coefficient (Wildman–Crippen LogP) is 2.89. The van der Waals surface area contributed by atoms with Gasteiger partial charge in [0.15, 0.2) is 29.2 Å². The molecule has 3 fully saturated rings. The molecular weight excluding hydrogens is 984 g/mol. The molecule has 4 aliphatic rings. The van der Waals surface area contributed by atoms with Crippen LogP contribution in [0.4, 0.5) is 20.8 Å². The number of nitrogen functional groups attached to an aromatic ring is 1. The highest BCUT2D eigenvalue weighted by Gasteiger charge is 2.75. The van der Waals surface area contributed by atoms with E-state index in [0.29, 0.717) is 29.8 Å². The molecule has 0 spiro atoms. The zero-order valence-corrected chi connectivity index (χ0v) is 41.0. The first-order valence-corrected chi connectivity index (χ1v) is 25.5. The number of carbonyl (C=O) groups excluding carboxylic acids is 5. The first-order valence-electron chi connectivity index (χ1n) is 23.0. The molecule has 25 heteroatoms. The lowest BCUT2D eigenvalue weighted by atomic mass is 9.44. The van der Waals surface area contributed by atoms with E-state index in [1.54, 1.807) is 32.9 Å². The summed E-state index contributed by atoms with van der Waals surface area (Å²) in [5, 5.41) is 50.9. The van der Waals surface area contributed by atoms with Crippen molar-refractivity contribution in [3.05, 3.63) is 75.9 Å². The van der Waals surface area contributed by atoms with E-state index < -0.39 is 112 Å². The molecule has 72 heavy (non-hydrogen) atoms. The monoisotopic (exact) mass is 1040 g/mol. The molecule has 0 saturated heterocycles. The number of halogens is 1. The number of rotatable bonds is 20. The molecule has 0 bridgehead atoms. The number of ether oxygens (including phenoxy) is 2. The summed E-state index contributed by atoms with van der Waals surface area (Å²) in [6, 6.07) is 3.11. The molecule has 7 rings (SSSR count). The predicted molar refractivity (Wildman–Crippen MR) is 259 cm³/mol. The molecular formula is C47H55FN8O14S2. The van der Waals surface area contributed by atoms with Crippen LogP contribution in [-0.2, 0) is 40.0 Å². The summed E-state index contributed by atoms with van der Waals surface area (Å²) in [5.41, 5.74) is 0.0385. The fourth-order valence-electron chi connectivity index (χ4n) is 11.0. The molecule has 10 N–H and O–H groups in total. The second-order valence-corrected chi connectivity index (χ2v) is 21.5. The number of H-pyrrole nitrogens is 1. The van der Waals surface area contributed by atoms with E-state index in [1.165, 1.54) is 36.6 Å². The van der Waals surface area contributed by atoms with E-state index in [0.717, 1.165) is 21.6 Å². The minimum Gasteiger partial charge on any atom is -0.480 e. The van der Waals surface area contributed by atoms with Gasteiger partial charge in [0.2, 0.25) is 17.6 Å². The van der Waals surface area contributed by atoms with Crippen molar-refractivity contribution in [2.45, 2.75) is 95.3 Å². The lowest BCUT2D eigenvalue weighted by molar-refractivity contribution is -0.219. The van der Waals surface area contributed by atoms with Crippen molar-refractivity contribution < 1.29 is 67.9 Å². The van der Waals surface area contributed by atoms with Crippen molar-refractivity contribution in [1.82, 2.24) is 30.6 Å². The lowest BCUT2D eigenvalue weighted by Gasteiger charge is -2.62. The summed E-state index contributed by atoms with van der Waals surface area (Å²) in [6.45, 7) is 4.10. The largest absolute Gasteiger partial charge is 0.508 e. The zero-order chi connectivity index (χ0) is 52.3. The van der Waals surface area contributed by atoms with Crippen LogP contribution in [0.1, 0.15) is 75.3 Å². The smallest absolute Gasteiger partial charge is 0.480 e. The van der Waals surface area contributed by atoms with Crippen LogP contribution in [0.25, 0.3) is 11.2 Å². The van der Waals surface area contributed by atoms with Crippen molar-refractivity contribution in [2.75, 3.05) is 35.8 Å². The minimum atomic E-state index is -2.15. The summed E-state index contributed by atoms with van der Waals surface area (Å²) < 4.78 is 27.6. The minimum absolute atomic E-state index is 0.00678. The van der Waals surface area contributed by atoms with Crippen LogP contribution in [-0.4, -0.2) is 136 Å². The Balaban J connectivity index is 0.801. The molecule has 1 aromatic carbocycles. The van der Waals surface area contributed by atoms with Gasteiger partial charge in [0, 0.05) is 45.9 Å². The molecule has 4 aliphatic carbocycles. The van der Waals surface area contributed by atoms with Crippen LogP contribution in [0.15, 0.2) is 59.1 Å². The zero-order valence-electron chi connectivity index (χ0n) is 39.3. The maximum absolute atomic E-state index is 17.5. The maximum atomic E-state index is 17.5. The van der Waals surface area contributed by atoms with Gasteiger partial charge in [-0.3, -0.25) is 29.0 Å². The van der Waals surface area contributed by atoms with Gasteiger partial charge in [0.25, 0.3) is 11.5 Å². The first kappa shape index (κ1) is 53.4. The number of alkyl halides is 1. The maximum Gasteiger partial charge on any atom is 0.508 e. The number of hydrogen-bond acceptors (Lipinski definition) is 19. The van der Waals surface area contributed by atoms with Crippen LogP contribution in [0.5, 0.6) is 0 Å². The average molecular weight is 1040 g/mol. The van der Waals surface area contributed by atoms with E-state index >= 15 is 4.39 Å². The number of carboxylic acid groups (broad SMARTS) is 2. The van der Waals surface area contributed by atoms with Gasteiger partial charge >= 0.3 is 18.1 Å². The summed E-state index contributed by atoms with van der Waals surface area (Å²) >= 11 is 0. The number of Topliss-reactive ketones (excluding diaryl/α,β-unsaturated/α-hetero) is 1. The van der Waals surface area contributed by atoms with Crippen LogP contribution >= 0.6 is 21.6 Å². The second-order valence-electron chi connectivity index (χ2n) is 18.9. The van der Waals surface area contributed by atoms with Crippen LogP contribution in [0.2, 0.25) is 0 Å². The molecule has 0 aliphatic heterocycles. The third-order valence-electron chi connectivity index (χ3n) is 14.7. The van der Waals surface area contributed by atoms with Crippen molar-refractivity contribution in [3.8, 4) is 0 Å². The lowest BCUT2D eigenvalue weighted by Crippen LogP contribution is -2.69. The van der Waals surface area contributed by atoms with E-state index in [2.05, 4.69) is 35.9 Å². The number of anilines is 2. The molecule has 10 unspecified atom stereocenters. The number of aliphatic hydroxyl groups is 2. The summed E-state index contributed by atoms with van der Waals surface area (Å²) in [5.74, 6) is -7.38. The molecule has 10 atom stereocenters. The van der Waals surface area contributed by atoms with Crippen molar-refractivity contribution in [3.63, 3.8) is 0 Å². The molecule has 0 radical (unpaired) electrons. The van der Waals surface area contributed by atoms with Crippen LogP contribution in [0, 0.1) is 28.6 Å². The number of carboxylic acids is 2. The highest BCUT2D eigenvalue weighted by molar-refractivity contribution is 8.76. The Kier molecular flexibility index (Phi) is 15.8. The molecule has 2 amide bonds. The number of aromatic nitrogens is 4. The number of amides is 2. The normalized spacial score (nSPS) is 28.0. The van der Waals surface area contributed by atoms with Gasteiger partial charge in [0.1, 0.15) is 24.3 Å². The summed E-state index contributed by atoms with van der Waals surface area (Å²) in [6.07, 6.45) is 2.87. The number of carbonyl (C=O) groups is 7. The fourth-order valence-corrected chi connectivity index (χ4v) is 12.9. The Morgan fingerprint density at radius 3 is 2.43 bits per heavy atom. The number of hydrogen-bond donors (Lipinski definition) is 9. The Bertz CT molecular complexity index is 2780. The number of nitrogens with two attached hydrogens (primary N) is 1. The Hall–Kier alpha value is -6.44. The van der Waals surface area contributed by atoms with E-state index in [4.69, 9.17) is 15.2 Å². The first-order chi connectivity index (χ1) is 34.0. The Morgan fingerprint density at radius 2 is 1.72 bits per heavy atom. The quantitative estimate of drug-likeness (QED) is 0.0446. The van der Waals surface area contributed by atoms with Crippen molar-refractivity contribution in [1.29, 1.82) is 0 Å². The standard InChI is InChI=1S/C47H55FN8O14S2/c1-23-16-30-29-9-6-25-17-28(57)12-13-44(25,2)46(29,48)33(58)18-45(30,3)47(23,68)34(59)21-70-43(67)69-14-15-71-72-22-32(41(65)66)53-35(60)11-10-31(40(63)64)54-38(61)24-4-7-26(8-5-24)50-19-27-20-51-37-36(52-27)39(62)56-42(49)55-37/h4-5,7-8,12-13,17,20,23,29-33,50,58,68H,6,9-11,14-16,18-19,21-22H2,1-3H3,(H,53,60)(H,54,61)(H,63,64)(H,65,66)(H3,49,51,55,56,62). The third kappa shape index (κ3) is 10.4. The number of aliphatic carboxylic acids is 2. The van der Waals surface area contributed by atoms with Gasteiger partial charge in [-0.05, 0) is 87.3 Å². The van der Waals surface area contributed by atoms with E-state index in [9.17, 15) is 58.8 Å². The fraction of sp³-hybridized carbons (Fsp3) is 0.511. The number of benzene rings is 1. The van der Waals surface area contributed by atoms with Gasteiger partial charge < -0.3 is 51.6 Å². The number of ketones is 2. The molecule has 22 nitrogen and oxygen atoms in total. The van der Waals surface area contributed by atoms with Gasteiger partial charge in [-0.1, -0.05) is 47.1 Å². The van der Waals surface area contributed by atoms with Gasteiger partial charge in [0.05, 0.1) is 24.5 Å². The number of allylic oxidation sites excluding steroid dienone is 4. The van der Waals surface area contributed by atoms with Gasteiger partial charge in [-0.2, -0.15) is 4.98 Å². The molecule has 3 aromatic rings. The number of nitrogens with one attached hydrogen (secondary N) is 4. The van der Waals surface area contributed by atoms with Crippen molar-refractivity contribution >= 4 is 85.9 Å². The Labute approximate surface area is 418 Å². The number of aromatic amines is 1. The molecule has 3 saturated carbocycles. The van der Waals surface area contributed by atoms with E-state index in [-0.39, 0.29) is 72.4 Å². The molecule has 2 aromatic heterocycles. The number of nitrogens with zero attached hydrogens (tertiary/aromatic N) is 3. The van der Waals surface area contributed by atoms with Gasteiger partial charge in [-0.15, -0.1) is 0 Å². The topological polar surface area (TPSA) is 353 Å². The third-order valence-corrected chi connectivity index (χ3v) is 17.1. The number of aliphatic hydroxyl groups excluding tert-OH is 1. The SMILES string of the molecule is CC1CC2C3CCC4=CC(=O)C=CC4(C)C3(F)C(O)CC2(C)C1(O)C(=O)COC(=O)OCCSSCC(NC(=O)CCC(NC(=O)c1ccc(NCc2cnc3nc(N)[nH]c(=O)c3n2)cc1)C(=O)O)C(=O)O. The Morgan fingerprint density at radius 1 is 1.00 bits per heavy atom. The summed E-state index contributed by atoms with van der Waals surface area (Å²) in [7, 11) is 2.14. The number of fused-ring (bicyclic) bond motifs is 6. The highest BCUT2D eigenvalue weighted by atomic mass is 33.1. The van der Waals surface area contributed by atoms with Crippen molar-refractivity contribution in [2.24, 2.45) is 28.6 Å². The average Bonchev–Trinajstić information content (AvgIpc) is 3.53. The summed E-state index contributed by atoms with van der Waals surface area (Å²) in [4.78, 5) is 115. The van der Waals surface area contributed by atoms with Gasteiger partial charge in [-0.25, -0.2) is 28.7 Å². The molecule has 386 valence electrons. The van der Waals surface area contributed by atoms with E-state index in [1.807, 2.05) is 0 Å². The molecule has 2 heterocycles. The highest BCUT2D eigenvalue weighted by Crippen LogP contribution is 2.70.